The van der Waals surface area contributed by atoms with E-state index in [1.165, 1.54) is 16.8 Å². The minimum absolute atomic E-state index is 0. The van der Waals surface area contributed by atoms with Gasteiger partial charge in [0.05, 0.1) is 10.9 Å². The zero-order chi connectivity index (χ0) is 21.2. The van der Waals surface area contributed by atoms with Crippen LogP contribution >= 0.6 is 11.8 Å². The Morgan fingerprint density at radius 2 is 1.62 bits per heavy atom. The molecule has 6 rings (SSSR count). The van der Waals surface area contributed by atoms with Crippen molar-refractivity contribution in [1.29, 1.82) is 0 Å². The molecule has 0 atom stereocenters. The lowest BCUT2D eigenvalue weighted by atomic mass is 9.95. The second-order valence-electron chi connectivity index (χ2n) is 7.38. The Kier molecular flexibility index (Phi) is 6.82. The van der Waals surface area contributed by atoms with E-state index >= 15 is 0 Å². The molecule has 0 aliphatic carbocycles. The van der Waals surface area contributed by atoms with Crippen LogP contribution in [0.15, 0.2) is 61.8 Å². The van der Waals surface area contributed by atoms with Crippen molar-refractivity contribution < 1.29 is 35.9 Å². The number of thioether (sulfide) groups is 1. The van der Waals surface area contributed by atoms with E-state index in [0.29, 0.717) is 13.6 Å². The van der Waals surface area contributed by atoms with Crippen molar-refractivity contribution in [2.24, 2.45) is 0 Å². The molecule has 3 aliphatic heterocycles. The molecule has 0 amide bonds. The summed E-state index contributed by atoms with van der Waals surface area (Å²) in [7, 11) is 0. The lowest BCUT2D eigenvalue weighted by Gasteiger charge is -2.16. The summed E-state index contributed by atoms with van der Waals surface area (Å²) in [6, 6.07) is 10.5. The number of ether oxygens (including phenoxy) is 4. The van der Waals surface area contributed by atoms with E-state index in [1.54, 1.807) is 0 Å². The monoisotopic (exact) mass is 469 g/mol. The average Bonchev–Trinajstić information content (AvgIpc) is 3.46. The zero-order valence-corrected chi connectivity index (χ0v) is 19.2. The highest BCUT2D eigenvalue weighted by atomic mass is 35.5. The molecule has 5 nitrogen and oxygen atoms in total. The van der Waals surface area contributed by atoms with Gasteiger partial charge in [-0.1, -0.05) is 12.2 Å². The summed E-state index contributed by atoms with van der Waals surface area (Å²) in [6.45, 7) is 8.69. The number of aryl methyl sites for hydroxylation is 2. The molecule has 0 bridgehead atoms. The third kappa shape index (κ3) is 4.12. The number of hydrogen-bond donors (Lipinski definition) is 0. The van der Waals surface area contributed by atoms with Crippen LogP contribution in [0.1, 0.15) is 5.56 Å². The third-order valence-electron chi connectivity index (χ3n) is 5.47. The van der Waals surface area contributed by atoms with Gasteiger partial charge in [0.25, 0.3) is 0 Å². The molecule has 0 spiro atoms. The summed E-state index contributed by atoms with van der Waals surface area (Å²) in [5.41, 5.74) is 3.71. The smallest absolute Gasteiger partial charge is 0.231 e. The molecule has 0 radical (unpaired) electrons. The van der Waals surface area contributed by atoms with E-state index in [2.05, 4.69) is 48.2 Å². The number of halogens is 1. The quantitative estimate of drug-likeness (QED) is 0.332. The number of fused-ring (bicyclic) bond motifs is 7. The molecule has 7 heteroatoms. The maximum atomic E-state index is 5.66. The molecule has 0 saturated heterocycles. The third-order valence-corrected chi connectivity index (χ3v) is 6.41. The number of benzene rings is 2. The number of hydrogen-bond acceptors (Lipinski definition) is 5. The molecule has 0 fully saturated rings. The Bertz CT molecular complexity index is 1170. The van der Waals surface area contributed by atoms with Crippen LogP contribution in [0.3, 0.4) is 0 Å². The van der Waals surface area contributed by atoms with Crippen LogP contribution in [-0.4, -0.2) is 25.1 Å². The van der Waals surface area contributed by atoms with E-state index in [-0.39, 0.29) is 12.4 Å². The van der Waals surface area contributed by atoms with E-state index in [0.717, 1.165) is 58.2 Å². The maximum absolute atomic E-state index is 5.66. The van der Waals surface area contributed by atoms with Gasteiger partial charge >= 0.3 is 0 Å². The van der Waals surface area contributed by atoms with Crippen molar-refractivity contribution in [3.05, 3.63) is 67.4 Å². The second kappa shape index (κ2) is 9.76. The Hall–Kier alpha value is -2.83. The van der Waals surface area contributed by atoms with Gasteiger partial charge in [-0.25, -0.2) is 0 Å². The fraction of sp³-hybridized carbons (Fsp3) is 0.240. The van der Waals surface area contributed by atoms with Gasteiger partial charge < -0.3 is 31.4 Å². The van der Waals surface area contributed by atoms with Gasteiger partial charge in [0.15, 0.2) is 35.7 Å². The molecule has 0 saturated carbocycles. The van der Waals surface area contributed by atoms with Crippen LogP contribution in [-0.2, 0) is 13.0 Å². The highest BCUT2D eigenvalue weighted by Crippen LogP contribution is 2.42. The first-order valence-corrected chi connectivity index (χ1v) is 11.4. The SMILES string of the molecule is C=CCSCC=C.[Cl-].c1c2c(cc3c1OCO3)-c1cc3ccc4c(c3c[n+]1CC2)OCO4. The van der Waals surface area contributed by atoms with Gasteiger partial charge in [0, 0.05) is 24.0 Å². The maximum Gasteiger partial charge on any atom is 0.231 e. The van der Waals surface area contributed by atoms with Gasteiger partial charge in [-0.2, -0.15) is 16.3 Å². The van der Waals surface area contributed by atoms with Crippen LogP contribution in [0.5, 0.6) is 23.0 Å². The molecule has 0 unspecified atom stereocenters. The lowest BCUT2D eigenvalue weighted by molar-refractivity contribution is -0.686. The molecule has 166 valence electrons. The zero-order valence-electron chi connectivity index (χ0n) is 17.6. The standard InChI is InChI=1S/C19H14NO4.C6H10S.ClH/c1-2-16-19(24-10-21-16)14-8-20-4-3-12-6-17-18(23-9-22-17)7-13(12)15(20)5-11(1)14;1-3-5-7-6-4-2;/h1-2,5-8H,3-4,9-10H2;3-4H,1-2,5-6H2;1H/q+1;;/p-1. The number of pyridine rings is 1. The van der Waals surface area contributed by atoms with Crippen molar-refractivity contribution in [3.63, 3.8) is 0 Å². The predicted octanol–water partition coefficient (Wildman–Crippen LogP) is 1.90. The minimum atomic E-state index is 0. The second-order valence-corrected chi connectivity index (χ2v) is 8.46. The molecule has 2 aromatic carbocycles. The van der Waals surface area contributed by atoms with Crippen molar-refractivity contribution in [2.75, 3.05) is 25.1 Å². The summed E-state index contributed by atoms with van der Waals surface area (Å²) in [6.07, 6.45) is 6.94. The molecule has 3 aliphatic rings. The van der Waals surface area contributed by atoms with Gasteiger partial charge in [0.1, 0.15) is 0 Å². The van der Waals surface area contributed by atoms with Gasteiger partial charge in [-0.05, 0) is 35.2 Å². The van der Waals surface area contributed by atoms with Gasteiger partial charge in [-0.15, -0.1) is 13.2 Å². The Balaban J connectivity index is 0.000000271. The number of aromatic nitrogens is 1. The largest absolute Gasteiger partial charge is 1.00 e. The summed E-state index contributed by atoms with van der Waals surface area (Å²) >= 11 is 1.82. The summed E-state index contributed by atoms with van der Waals surface area (Å²) < 4.78 is 24.5. The average molecular weight is 470 g/mol. The van der Waals surface area contributed by atoms with Crippen LogP contribution < -0.4 is 35.9 Å². The first-order valence-electron chi connectivity index (χ1n) is 10.3. The Labute approximate surface area is 198 Å². The Morgan fingerprint density at radius 3 is 2.41 bits per heavy atom. The van der Waals surface area contributed by atoms with Crippen molar-refractivity contribution in [2.45, 2.75) is 13.0 Å². The highest BCUT2D eigenvalue weighted by molar-refractivity contribution is 7.99. The van der Waals surface area contributed by atoms with Gasteiger partial charge in [0.2, 0.25) is 19.3 Å². The summed E-state index contributed by atoms with van der Waals surface area (Å²) in [4.78, 5) is 0. The fourth-order valence-corrected chi connectivity index (χ4v) is 4.52. The van der Waals surface area contributed by atoms with Crippen LogP contribution in [0.4, 0.5) is 0 Å². The summed E-state index contributed by atoms with van der Waals surface area (Å²) in [5.74, 6) is 5.42. The topological polar surface area (TPSA) is 40.8 Å². The van der Waals surface area contributed by atoms with Crippen molar-refractivity contribution >= 4 is 22.5 Å². The highest BCUT2D eigenvalue weighted by Gasteiger charge is 2.29. The van der Waals surface area contributed by atoms with Gasteiger partial charge in [-0.3, -0.25) is 0 Å². The summed E-state index contributed by atoms with van der Waals surface area (Å²) in [5, 5.41) is 2.24. The van der Waals surface area contributed by atoms with Crippen LogP contribution in [0, 0.1) is 0 Å². The van der Waals surface area contributed by atoms with E-state index in [4.69, 9.17) is 18.9 Å². The molecule has 4 heterocycles. The normalized spacial score (nSPS) is 13.9. The molecule has 0 N–H and O–H groups in total. The lowest BCUT2D eigenvalue weighted by Crippen LogP contribution is -3.00. The molecular formula is C25H24ClNO4S. The van der Waals surface area contributed by atoms with Crippen LogP contribution in [0.25, 0.3) is 22.0 Å². The predicted molar refractivity (Wildman–Crippen MR) is 123 cm³/mol. The molecular weight excluding hydrogens is 446 g/mol. The van der Waals surface area contributed by atoms with E-state index < -0.39 is 0 Å². The minimum Gasteiger partial charge on any atom is -1.00 e. The number of rotatable bonds is 4. The van der Waals surface area contributed by atoms with E-state index in [9.17, 15) is 0 Å². The first-order chi connectivity index (χ1) is 15.3. The fourth-order valence-electron chi connectivity index (χ4n) is 4.05. The van der Waals surface area contributed by atoms with Crippen LogP contribution in [0.2, 0.25) is 0 Å². The van der Waals surface area contributed by atoms with Crippen molar-refractivity contribution in [3.8, 4) is 34.3 Å². The molecule has 32 heavy (non-hydrogen) atoms. The molecule has 1 aromatic heterocycles. The van der Waals surface area contributed by atoms with E-state index in [1.807, 2.05) is 30.0 Å². The molecule has 3 aromatic rings. The first kappa shape index (κ1) is 22.4. The van der Waals surface area contributed by atoms with Crippen molar-refractivity contribution in [1.82, 2.24) is 0 Å². The number of nitrogens with zero attached hydrogens (tertiary/aromatic N) is 1. The Morgan fingerprint density at radius 1 is 0.906 bits per heavy atom.